The first-order valence-corrected chi connectivity index (χ1v) is 5.15. The van der Waals surface area contributed by atoms with Gasteiger partial charge in [-0.2, -0.15) is 5.26 Å². The van der Waals surface area contributed by atoms with Gasteiger partial charge in [0.1, 0.15) is 11.8 Å². The first-order chi connectivity index (χ1) is 7.11. The topological polar surface area (TPSA) is 45.9 Å². The molecule has 0 bridgehead atoms. The Balaban J connectivity index is 2.60. The van der Waals surface area contributed by atoms with Gasteiger partial charge >= 0.3 is 0 Å². The summed E-state index contributed by atoms with van der Waals surface area (Å²) >= 11 is 0. The van der Waals surface area contributed by atoms with E-state index >= 15 is 0 Å². The molecule has 0 aliphatic carbocycles. The van der Waals surface area contributed by atoms with Crippen molar-refractivity contribution in [2.75, 3.05) is 0 Å². The summed E-state index contributed by atoms with van der Waals surface area (Å²) in [7, 11) is 0. The van der Waals surface area contributed by atoms with E-state index in [9.17, 15) is 0 Å². The monoisotopic (exact) mass is 204 g/mol. The largest absolute Gasteiger partial charge is 0.475 e. The summed E-state index contributed by atoms with van der Waals surface area (Å²) < 4.78 is 5.61. The van der Waals surface area contributed by atoms with Gasteiger partial charge in [0.05, 0.1) is 6.10 Å². The molecule has 0 amide bonds. The van der Waals surface area contributed by atoms with Crippen molar-refractivity contribution in [3.63, 3.8) is 0 Å². The molecule has 15 heavy (non-hydrogen) atoms. The third-order valence-corrected chi connectivity index (χ3v) is 1.96. The molecular formula is C12H16N2O. The van der Waals surface area contributed by atoms with E-state index in [4.69, 9.17) is 10.00 Å². The van der Waals surface area contributed by atoms with Crippen LogP contribution in [0, 0.1) is 17.2 Å². The maximum atomic E-state index is 8.67. The van der Waals surface area contributed by atoms with Crippen LogP contribution in [-0.2, 0) is 0 Å². The molecule has 1 aromatic heterocycles. The molecule has 1 rings (SSSR count). The van der Waals surface area contributed by atoms with E-state index in [0.29, 0.717) is 17.5 Å². The summed E-state index contributed by atoms with van der Waals surface area (Å²) in [6.07, 6.45) is 1.12. The second kappa shape index (κ2) is 5.35. The number of hydrogen-bond donors (Lipinski definition) is 0. The lowest BCUT2D eigenvalue weighted by Crippen LogP contribution is -2.15. The highest BCUT2D eigenvalue weighted by molar-refractivity contribution is 5.24. The van der Waals surface area contributed by atoms with Gasteiger partial charge < -0.3 is 4.74 Å². The van der Waals surface area contributed by atoms with Gasteiger partial charge in [0.25, 0.3) is 0 Å². The molecule has 1 heterocycles. The van der Waals surface area contributed by atoms with E-state index in [2.05, 4.69) is 18.8 Å². The van der Waals surface area contributed by atoms with Gasteiger partial charge in [0.2, 0.25) is 5.88 Å². The van der Waals surface area contributed by atoms with E-state index in [1.807, 2.05) is 13.0 Å². The van der Waals surface area contributed by atoms with Crippen LogP contribution in [0.1, 0.15) is 32.9 Å². The number of ether oxygens (including phenoxy) is 1. The highest BCUT2D eigenvalue weighted by atomic mass is 16.5. The number of aromatic nitrogens is 1. The van der Waals surface area contributed by atoms with Crippen molar-refractivity contribution < 1.29 is 4.74 Å². The molecule has 0 saturated heterocycles. The zero-order chi connectivity index (χ0) is 11.3. The average molecular weight is 204 g/mol. The summed E-state index contributed by atoms with van der Waals surface area (Å²) in [5.41, 5.74) is 0.393. The Hall–Kier alpha value is -1.56. The van der Waals surface area contributed by atoms with E-state index < -0.39 is 0 Å². The number of nitriles is 1. The molecular weight excluding hydrogens is 188 g/mol. The molecule has 3 heteroatoms. The highest BCUT2D eigenvalue weighted by Gasteiger charge is 2.07. The smallest absolute Gasteiger partial charge is 0.214 e. The Kier molecular flexibility index (Phi) is 4.11. The molecule has 0 radical (unpaired) electrons. The maximum absolute atomic E-state index is 8.67. The van der Waals surface area contributed by atoms with Crippen molar-refractivity contribution >= 4 is 0 Å². The fourth-order valence-corrected chi connectivity index (χ4v) is 1.46. The Labute approximate surface area is 90.7 Å². The minimum atomic E-state index is 0.131. The number of rotatable bonds is 4. The minimum absolute atomic E-state index is 0.131. The summed E-state index contributed by atoms with van der Waals surface area (Å²) in [5.74, 6) is 1.13. The van der Waals surface area contributed by atoms with Gasteiger partial charge in [-0.25, -0.2) is 4.98 Å². The highest BCUT2D eigenvalue weighted by Crippen LogP contribution is 2.13. The molecule has 1 aromatic rings. The van der Waals surface area contributed by atoms with E-state index in [0.717, 1.165) is 6.42 Å². The van der Waals surface area contributed by atoms with Crippen LogP contribution in [0.15, 0.2) is 18.2 Å². The SMILES string of the molecule is CC(C)CC(C)Oc1cccc(C#N)n1. The second-order valence-electron chi connectivity index (χ2n) is 4.03. The number of pyridine rings is 1. The van der Waals surface area contributed by atoms with Gasteiger partial charge in [0, 0.05) is 6.07 Å². The standard InChI is InChI=1S/C12H16N2O/c1-9(2)7-10(3)15-12-6-4-5-11(8-13)14-12/h4-6,9-10H,7H2,1-3H3. The molecule has 0 fully saturated rings. The third-order valence-electron chi connectivity index (χ3n) is 1.96. The Morgan fingerprint density at radius 1 is 1.40 bits per heavy atom. The molecule has 1 atom stereocenters. The molecule has 0 spiro atoms. The van der Waals surface area contributed by atoms with Crippen LogP contribution in [0.3, 0.4) is 0 Å². The minimum Gasteiger partial charge on any atom is -0.475 e. The summed E-state index contributed by atoms with van der Waals surface area (Å²) in [6, 6.07) is 7.21. The molecule has 0 aromatic carbocycles. The van der Waals surface area contributed by atoms with Crippen molar-refractivity contribution in [3.05, 3.63) is 23.9 Å². The molecule has 0 aliphatic rings. The normalized spacial score (nSPS) is 12.2. The van der Waals surface area contributed by atoms with Crippen LogP contribution in [0.25, 0.3) is 0 Å². The van der Waals surface area contributed by atoms with Crippen molar-refractivity contribution in [2.24, 2.45) is 5.92 Å². The zero-order valence-corrected chi connectivity index (χ0v) is 9.40. The van der Waals surface area contributed by atoms with E-state index in [1.54, 1.807) is 18.2 Å². The van der Waals surface area contributed by atoms with Gasteiger partial charge in [-0.15, -0.1) is 0 Å². The van der Waals surface area contributed by atoms with Gasteiger partial charge in [0.15, 0.2) is 0 Å². The van der Waals surface area contributed by atoms with Crippen LogP contribution >= 0.6 is 0 Å². The molecule has 80 valence electrons. The van der Waals surface area contributed by atoms with E-state index in [1.165, 1.54) is 0 Å². The van der Waals surface area contributed by atoms with Gasteiger partial charge in [-0.05, 0) is 25.3 Å². The second-order valence-corrected chi connectivity index (χ2v) is 4.03. The fourth-order valence-electron chi connectivity index (χ4n) is 1.46. The van der Waals surface area contributed by atoms with E-state index in [-0.39, 0.29) is 6.10 Å². The Bertz CT molecular complexity index is 355. The van der Waals surface area contributed by atoms with Crippen molar-refractivity contribution in [2.45, 2.75) is 33.3 Å². The summed E-state index contributed by atoms with van der Waals surface area (Å²) in [5, 5.41) is 8.67. The molecule has 0 saturated carbocycles. The Morgan fingerprint density at radius 3 is 2.73 bits per heavy atom. The van der Waals surface area contributed by atoms with Crippen molar-refractivity contribution in [1.29, 1.82) is 5.26 Å². The van der Waals surface area contributed by atoms with Crippen LogP contribution < -0.4 is 4.74 Å². The first-order valence-electron chi connectivity index (χ1n) is 5.15. The fraction of sp³-hybridized carbons (Fsp3) is 0.500. The third kappa shape index (κ3) is 3.99. The quantitative estimate of drug-likeness (QED) is 0.757. The average Bonchev–Trinajstić information content (AvgIpc) is 2.16. The predicted octanol–water partition coefficient (Wildman–Crippen LogP) is 2.77. The number of hydrogen-bond acceptors (Lipinski definition) is 3. The predicted molar refractivity (Wildman–Crippen MR) is 58.5 cm³/mol. The van der Waals surface area contributed by atoms with Crippen molar-refractivity contribution in [1.82, 2.24) is 4.98 Å². The zero-order valence-electron chi connectivity index (χ0n) is 9.40. The van der Waals surface area contributed by atoms with Crippen LogP contribution in [-0.4, -0.2) is 11.1 Å². The lowest BCUT2D eigenvalue weighted by molar-refractivity contribution is 0.185. The lowest BCUT2D eigenvalue weighted by Gasteiger charge is -2.15. The molecule has 3 nitrogen and oxygen atoms in total. The van der Waals surface area contributed by atoms with Gasteiger partial charge in [-0.3, -0.25) is 0 Å². The number of nitrogens with zero attached hydrogens (tertiary/aromatic N) is 2. The van der Waals surface area contributed by atoms with Crippen LogP contribution in [0.4, 0.5) is 0 Å². The summed E-state index contributed by atoms with van der Waals surface area (Å²) in [4.78, 5) is 4.06. The molecule has 0 N–H and O–H groups in total. The molecule has 0 aliphatic heterocycles. The maximum Gasteiger partial charge on any atom is 0.214 e. The molecule has 1 unspecified atom stereocenters. The van der Waals surface area contributed by atoms with Crippen LogP contribution in [0.5, 0.6) is 5.88 Å². The van der Waals surface area contributed by atoms with Crippen molar-refractivity contribution in [3.8, 4) is 11.9 Å². The van der Waals surface area contributed by atoms with Crippen LogP contribution in [0.2, 0.25) is 0 Å². The Morgan fingerprint density at radius 2 is 2.13 bits per heavy atom. The summed E-state index contributed by atoms with van der Waals surface area (Å²) in [6.45, 7) is 6.32. The lowest BCUT2D eigenvalue weighted by atomic mass is 10.1. The van der Waals surface area contributed by atoms with Gasteiger partial charge in [-0.1, -0.05) is 19.9 Å². The first kappa shape index (κ1) is 11.5.